The molecule has 0 spiro atoms. The lowest BCUT2D eigenvalue weighted by molar-refractivity contribution is -0.140. The second kappa shape index (κ2) is 6.70. The highest BCUT2D eigenvalue weighted by Gasteiger charge is 2.47. The minimum Gasteiger partial charge on any atom is -0.340 e. The fraction of sp³-hybridized carbons (Fsp3) is 0.611. The minimum atomic E-state index is -3.12. The Labute approximate surface area is 149 Å². The highest BCUT2D eigenvalue weighted by Crippen LogP contribution is 2.34. The number of amides is 1. The van der Waals surface area contributed by atoms with Gasteiger partial charge in [0.2, 0.25) is 15.9 Å². The number of carbonyl (C=O) groups excluding carboxylic acids is 1. The summed E-state index contributed by atoms with van der Waals surface area (Å²) in [6.45, 7) is 4.88. The maximum Gasteiger partial charge on any atom is 0.228 e. The molecule has 3 aliphatic rings. The van der Waals surface area contributed by atoms with E-state index in [2.05, 4.69) is 17.0 Å². The summed E-state index contributed by atoms with van der Waals surface area (Å²) in [4.78, 5) is 16.9. The predicted molar refractivity (Wildman–Crippen MR) is 95.3 cm³/mol. The van der Waals surface area contributed by atoms with Gasteiger partial charge in [0.25, 0.3) is 0 Å². The molecule has 3 fully saturated rings. The minimum absolute atomic E-state index is 0.126. The van der Waals surface area contributed by atoms with E-state index in [4.69, 9.17) is 0 Å². The molecule has 1 amide bonds. The lowest BCUT2D eigenvalue weighted by atomic mass is 10.0. The van der Waals surface area contributed by atoms with Crippen LogP contribution < -0.4 is 0 Å². The van der Waals surface area contributed by atoms with Crippen LogP contribution in [0, 0.1) is 5.92 Å². The first kappa shape index (κ1) is 17.0. The number of hydrogen-bond acceptors (Lipinski definition) is 4. The summed E-state index contributed by atoms with van der Waals surface area (Å²) in [5.74, 6) is -0.0178. The Morgan fingerprint density at radius 3 is 2.24 bits per heavy atom. The van der Waals surface area contributed by atoms with Gasteiger partial charge in [-0.25, -0.2) is 8.42 Å². The quantitative estimate of drug-likeness (QED) is 0.775. The topological polar surface area (TPSA) is 60.9 Å². The molecule has 25 heavy (non-hydrogen) atoms. The zero-order valence-electron chi connectivity index (χ0n) is 14.4. The van der Waals surface area contributed by atoms with E-state index >= 15 is 0 Å². The van der Waals surface area contributed by atoms with Crippen molar-refractivity contribution in [3.05, 3.63) is 35.9 Å². The van der Waals surface area contributed by atoms with Crippen LogP contribution in [0.5, 0.6) is 0 Å². The third-order valence-corrected chi connectivity index (χ3v) is 7.77. The second-order valence-electron chi connectivity index (χ2n) is 7.35. The summed E-state index contributed by atoms with van der Waals surface area (Å²) in [5.41, 5.74) is 1.29. The number of rotatable bonds is 5. The van der Waals surface area contributed by atoms with E-state index in [1.54, 1.807) is 0 Å². The molecule has 4 rings (SSSR count). The van der Waals surface area contributed by atoms with Crippen LogP contribution in [0.2, 0.25) is 0 Å². The molecule has 0 aromatic heterocycles. The van der Waals surface area contributed by atoms with Crippen molar-refractivity contribution in [3.63, 3.8) is 0 Å². The Balaban J connectivity index is 1.24. The van der Waals surface area contributed by atoms with Crippen LogP contribution >= 0.6 is 0 Å². The molecular formula is C18H25N3O3S. The molecule has 2 heterocycles. The maximum atomic E-state index is 12.6. The van der Waals surface area contributed by atoms with Crippen LogP contribution in [-0.2, 0) is 21.4 Å². The number of sulfonamides is 1. The fourth-order valence-electron chi connectivity index (χ4n) is 3.61. The molecule has 0 radical (unpaired) electrons. The van der Waals surface area contributed by atoms with Gasteiger partial charge in [-0.2, -0.15) is 4.31 Å². The first-order valence-corrected chi connectivity index (χ1v) is 10.6. The van der Waals surface area contributed by atoms with Crippen LogP contribution in [0.25, 0.3) is 0 Å². The number of carbonyl (C=O) groups is 1. The summed E-state index contributed by atoms with van der Waals surface area (Å²) < 4.78 is 25.8. The Morgan fingerprint density at radius 1 is 1.00 bits per heavy atom. The molecule has 0 unspecified atom stereocenters. The average Bonchev–Trinajstić information content (AvgIpc) is 3.40. The molecule has 6 nitrogen and oxygen atoms in total. The van der Waals surface area contributed by atoms with Crippen LogP contribution in [0.1, 0.15) is 18.4 Å². The summed E-state index contributed by atoms with van der Waals surface area (Å²) in [5, 5.41) is -0.176. The highest BCUT2D eigenvalue weighted by molar-refractivity contribution is 7.90. The Bertz CT molecular complexity index is 719. The molecule has 0 N–H and O–H groups in total. The summed E-state index contributed by atoms with van der Waals surface area (Å²) >= 11 is 0. The van der Waals surface area contributed by atoms with Crippen LogP contribution in [0.3, 0.4) is 0 Å². The van der Waals surface area contributed by atoms with Crippen molar-refractivity contribution < 1.29 is 13.2 Å². The van der Waals surface area contributed by atoms with Gasteiger partial charge in [-0.3, -0.25) is 9.69 Å². The van der Waals surface area contributed by atoms with E-state index in [0.29, 0.717) is 13.1 Å². The number of hydrogen-bond donors (Lipinski definition) is 0. The van der Waals surface area contributed by atoms with Gasteiger partial charge in [0.1, 0.15) is 0 Å². The third-order valence-electron chi connectivity index (χ3n) is 5.44. The fourth-order valence-corrected chi connectivity index (χ4v) is 5.53. The summed E-state index contributed by atoms with van der Waals surface area (Å²) in [7, 11) is -3.12. The molecule has 2 saturated heterocycles. The summed E-state index contributed by atoms with van der Waals surface area (Å²) in [6, 6.07) is 10.4. The molecule has 2 aliphatic heterocycles. The molecule has 136 valence electrons. The van der Waals surface area contributed by atoms with Crippen molar-refractivity contribution in [3.8, 4) is 0 Å². The first-order valence-electron chi connectivity index (χ1n) is 9.08. The van der Waals surface area contributed by atoms with E-state index in [-0.39, 0.29) is 17.1 Å². The Kier molecular flexibility index (Phi) is 4.56. The molecule has 1 aliphatic carbocycles. The van der Waals surface area contributed by atoms with Gasteiger partial charge in [0.05, 0.1) is 11.2 Å². The second-order valence-corrected chi connectivity index (χ2v) is 9.56. The van der Waals surface area contributed by atoms with E-state index in [9.17, 15) is 13.2 Å². The number of piperazine rings is 1. The van der Waals surface area contributed by atoms with Crippen molar-refractivity contribution in [2.24, 2.45) is 5.92 Å². The van der Waals surface area contributed by atoms with Gasteiger partial charge in [-0.05, 0) is 18.4 Å². The van der Waals surface area contributed by atoms with Crippen molar-refractivity contribution >= 4 is 15.9 Å². The third kappa shape index (κ3) is 3.59. The Hall–Kier alpha value is -1.44. The predicted octanol–water partition coefficient (Wildman–Crippen LogP) is 0.755. The van der Waals surface area contributed by atoms with Gasteiger partial charge in [-0.1, -0.05) is 30.3 Å². The summed E-state index contributed by atoms with van der Waals surface area (Å²) in [6.07, 6.45) is 1.56. The molecule has 1 saturated carbocycles. The Morgan fingerprint density at radius 2 is 1.64 bits per heavy atom. The van der Waals surface area contributed by atoms with Gasteiger partial charge in [0.15, 0.2) is 0 Å². The maximum absolute atomic E-state index is 12.6. The smallest absolute Gasteiger partial charge is 0.228 e. The van der Waals surface area contributed by atoms with Gasteiger partial charge >= 0.3 is 0 Å². The van der Waals surface area contributed by atoms with Crippen LogP contribution in [0.15, 0.2) is 30.3 Å². The molecule has 0 atom stereocenters. The van der Waals surface area contributed by atoms with Crippen molar-refractivity contribution in [2.75, 3.05) is 39.3 Å². The van der Waals surface area contributed by atoms with Crippen LogP contribution in [-0.4, -0.2) is 72.9 Å². The van der Waals surface area contributed by atoms with Gasteiger partial charge < -0.3 is 4.90 Å². The zero-order chi connectivity index (χ0) is 17.4. The lowest BCUT2D eigenvalue weighted by Gasteiger charge is -2.42. The standard InChI is InChI=1S/C18H25N3O3S/c22-18(16-13-21(14-16)25(23,24)17-6-7-17)20-10-8-19(9-11-20)12-15-4-2-1-3-5-15/h1-5,16-17H,6-14H2. The highest BCUT2D eigenvalue weighted by atomic mass is 32.2. The van der Waals surface area contributed by atoms with E-state index in [1.807, 2.05) is 23.1 Å². The number of benzene rings is 1. The van der Waals surface area contributed by atoms with Crippen molar-refractivity contribution in [2.45, 2.75) is 24.6 Å². The average molecular weight is 363 g/mol. The SMILES string of the molecule is O=C(C1CN(S(=O)(=O)C2CC2)C1)N1CCN(Cc2ccccc2)CC1. The van der Waals surface area contributed by atoms with E-state index in [0.717, 1.165) is 45.6 Å². The van der Waals surface area contributed by atoms with Crippen LogP contribution in [0.4, 0.5) is 0 Å². The van der Waals surface area contributed by atoms with Gasteiger partial charge in [0, 0.05) is 45.8 Å². The monoisotopic (exact) mass is 363 g/mol. The first-order chi connectivity index (χ1) is 12.0. The van der Waals surface area contributed by atoms with Gasteiger partial charge in [-0.15, -0.1) is 0 Å². The molecule has 7 heteroatoms. The normalized spacial score (nSPS) is 23.4. The lowest BCUT2D eigenvalue weighted by Crippen LogP contribution is -2.59. The van der Waals surface area contributed by atoms with E-state index in [1.165, 1.54) is 9.87 Å². The van der Waals surface area contributed by atoms with Crippen molar-refractivity contribution in [1.82, 2.24) is 14.1 Å². The molecule has 0 bridgehead atoms. The molecule has 1 aromatic rings. The zero-order valence-corrected chi connectivity index (χ0v) is 15.2. The molecular weight excluding hydrogens is 338 g/mol. The van der Waals surface area contributed by atoms with Crippen molar-refractivity contribution in [1.29, 1.82) is 0 Å². The van der Waals surface area contributed by atoms with E-state index < -0.39 is 10.0 Å². The molecule has 1 aromatic carbocycles. The number of nitrogens with zero attached hydrogens (tertiary/aromatic N) is 3. The largest absolute Gasteiger partial charge is 0.340 e.